The fourth-order valence-corrected chi connectivity index (χ4v) is 1.99. The third-order valence-electron chi connectivity index (χ3n) is 3.06. The summed E-state index contributed by atoms with van der Waals surface area (Å²) in [5, 5.41) is 4.26. The molecule has 2 N–H and O–H groups in total. The molecule has 1 atom stereocenters. The van der Waals surface area contributed by atoms with E-state index < -0.39 is 0 Å². The van der Waals surface area contributed by atoms with Crippen LogP contribution in [0.2, 0.25) is 0 Å². The Morgan fingerprint density at radius 2 is 2.06 bits per heavy atom. The van der Waals surface area contributed by atoms with E-state index in [-0.39, 0.29) is 6.04 Å². The Kier molecular flexibility index (Phi) is 4.47. The summed E-state index contributed by atoms with van der Waals surface area (Å²) >= 11 is 0. The lowest BCUT2D eigenvalue weighted by molar-refractivity contribution is 0.608. The van der Waals surface area contributed by atoms with Gasteiger partial charge in [-0.15, -0.1) is 0 Å². The predicted molar refractivity (Wildman–Crippen MR) is 72.1 cm³/mol. The molecule has 0 aliphatic carbocycles. The van der Waals surface area contributed by atoms with E-state index in [2.05, 4.69) is 23.2 Å². The molecule has 2 heterocycles. The molecular weight excluding hydrogens is 224 g/mol. The lowest BCUT2D eigenvalue weighted by Gasteiger charge is -2.09. The molecule has 4 heteroatoms. The fourth-order valence-electron chi connectivity index (χ4n) is 1.99. The normalized spacial score (nSPS) is 12.6. The Morgan fingerprint density at radius 3 is 2.72 bits per heavy atom. The highest BCUT2D eigenvalue weighted by Crippen LogP contribution is 2.07. The summed E-state index contributed by atoms with van der Waals surface area (Å²) in [6, 6.07) is 4.27. The molecule has 0 spiro atoms. The SMILES string of the molecule is CCn1cc(CC(N)CCc2ccncc2)cn1. The molecule has 18 heavy (non-hydrogen) atoms. The third kappa shape index (κ3) is 3.67. The van der Waals surface area contributed by atoms with Gasteiger partial charge in [0.2, 0.25) is 0 Å². The molecule has 2 rings (SSSR count). The van der Waals surface area contributed by atoms with Crippen LogP contribution in [0.3, 0.4) is 0 Å². The molecule has 0 bridgehead atoms. The van der Waals surface area contributed by atoms with Crippen LogP contribution in [0.5, 0.6) is 0 Å². The van der Waals surface area contributed by atoms with Gasteiger partial charge < -0.3 is 5.73 Å². The van der Waals surface area contributed by atoms with E-state index in [1.165, 1.54) is 11.1 Å². The molecule has 2 aromatic heterocycles. The van der Waals surface area contributed by atoms with Gasteiger partial charge in [-0.2, -0.15) is 5.10 Å². The number of rotatable bonds is 6. The number of nitrogens with two attached hydrogens (primary N) is 1. The first kappa shape index (κ1) is 12.8. The molecule has 0 aromatic carbocycles. The molecule has 0 aliphatic rings. The van der Waals surface area contributed by atoms with Gasteiger partial charge in [0.05, 0.1) is 6.20 Å². The van der Waals surface area contributed by atoms with E-state index in [1.54, 1.807) is 0 Å². The van der Waals surface area contributed by atoms with Crippen LogP contribution in [0.25, 0.3) is 0 Å². The topological polar surface area (TPSA) is 56.7 Å². The maximum Gasteiger partial charge on any atom is 0.0522 e. The van der Waals surface area contributed by atoms with E-state index in [9.17, 15) is 0 Å². The maximum atomic E-state index is 6.15. The van der Waals surface area contributed by atoms with Gasteiger partial charge in [-0.1, -0.05) is 0 Å². The number of hydrogen-bond acceptors (Lipinski definition) is 3. The van der Waals surface area contributed by atoms with Gasteiger partial charge in [-0.05, 0) is 49.4 Å². The summed E-state index contributed by atoms with van der Waals surface area (Å²) in [4.78, 5) is 4.01. The summed E-state index contributed by atoms with van der Waals surface area (Å²) in [7, 11) is 0. The highest BCUT2D eigenvalue weighted by atomic mass is 15.3. The highest BCUT2D eigenvalue weighted by Gasteiger charge is 2.06. The van der Waals surface area contributed by atoms with Gasteiger partial charge in [-0.3, -0.25) is 9.67 Å². The summed E-state index contributed by atoms with van der Waals surface area (Å²) in [5.41, 5.74) is 8.67. The van der Waals surface area contributed by atoms with E-state index >= 15 is 0 Å². The van der Waals surface area contributed by atoms with Crippen molar-refractivity contribution in [3.05, 3.63) is 48.0 Å². The number of pyridine rings is 1. The monoisotopic (exact) mass is 244 g/mol. The Labute approximate surface area is 108 Å². The molecule has 0 saturated carbocycles. The predicted octanol–water partition coefficient (Wildman–Crippen LogP) is 1.80. The second kappa shape index (κ2) is 6.31. The minimum Gasteiger partial charge on any atom is -0.327 e. The fraction of sp³-hybridized carbons (Fsp3) is 0.429. The minimum absolute atomic E-state index is 0.188. The van der Waals surface area contributed by atoms with Crippen LogP contribution < -0.4 is 5.73 Å². The molecule has 2 aromatic rings. The molecular formula is C14H20N4. The molecule has 0 fully saturated rings. The second-order valence-corrected chi connectivity index (χ2v) is 4.56. The van der Waals surface area contributed by atoms with Crippen LogP contribution in [-0.4, -0.2) is 20.8 Å². The lowest BCUT2D eigenvalue weighted by Crippen LogP contribution is -2.23. The molecule has 0 amide bonds. The molecule has 0 aliphatic heterocycles. The Morgan fingerprint density at radius 1 is 1.28 bits per heavy atom. The van der Waals surface area contributed by atoms with Crippen LogP contribution in [0.1, 0.15) is 24.5 Å². The van der Waals surface area contributed by atoms with Gasteiger partial charge in [0.25, 0.3) is 0 Å². The van der Waals surface area contributed by atoms with Gasteiger partial charge in [0.15, 0.2) is 0 Å². The first-order valence-electron chi connectivity index (χ1n) is 6.43. The van der Waals surface area contributed by atoms with Crippen LogP contribution in [0.15, 0.2) is 36.9 Å². The van der Waals surface area contributed by atoms with Crippen molar-refractivity contribution < 1.29 is 0 Å². The maximum absolute atomic E-state index is 6.15. The van der Waals surface area contributed by atoms with Crippen molar-refractivity contribution in [2.24, 2.45) is 5.73 Å². The van der Waals surface area contributed by atoms with E-state index in [4.69, 9.17) is 5.73 Å². The summed E-state index contributed by atoms with van der Waals surface area (Å²) < 4.78 is 1.94. The van der Waals surface area contributed by atoms with Crippen molar-refractivity contribution in [3.63, 3.8) is 0 Å². The van der Waals surface area contributed by atoms with Crippen molar-refractivity contribution in [2.45, 2.75) is 38.8 Å². The Balaban J connectivity index is 1.80. The number of hydrogen-bond donors (Lipinski definition) is 1. The Bertz CT molecular complexity index is 464. The van der Waals surface area contributed by atoms with Crippen molar-refractivity contribution >= 4 is 0 Å². The lowest BCUT2D eigenvalue weighted by atomic mass is 10.0. The first-order valence-corrected chi connectivity index (χ1v) is 6.43. The zero-order valence-electron chi connectivity index (χ0n) is 10.8. The zero-order chi connectivity index (χ0) is 12.8. The molecule has 4 nitrogen and oxygen atoms in total. The van der Waals surface area contributed by atoms with Crippen molar-refractivity contribution in [3.8, 4) is 0 Å². The smallest absolute Gasteiger partial charge is 0.0522 e. The van der Waals surface area contributed by atoms with Crippen LogP contribution in [-0.2, 0) is 19.4 Å². The van der Waals surface area contributed by atoms with Gasteiger partial charge in [0.1, 0.15) is 0 Å². The first-order chi connectivity index (χ1) is 8.78. The third-order valence-corrected chi connectivity index (χ3v) is 3.06. The average Bonchev–Trinajstić information content (AvgIpc) is 2.85. The molecule has 96 valence electrons. The van der Waals surface area contributed by atoms with Gasteiger partial charge in [-0.25, -0.2) is 0 Å². The van der Waals surface area contributed by atoms with E-state index in [0.29, 0.717) is 0 Å². The molecule has 0 saturated heterocycles. The van der Waals surface area contributed by atoms with Crippen molar-refractivity contribution in [1.82, 2.24) is 14.8 Å². The van der Waals surface area contributed by atoms with Crippen molar-refractivity contribution in [2.75, 3.05) is 0 Å². The summed E-state index contributed by atoms with van der Waals surface area (Å²) in [6.07, 6.45) is 10.5. The number of aromatic nitrogens is 3. The van der Waals surface area contributed by atoms with Crippen LogP contribution >= 0.6 is 0 Å². The summed E-state index contributed by atoms with van der Waals surface area (Å²) in [5.74, 6) is 0. The quantitative estimate of drug-likeness (QED) is 0.843. The van der Waals surface area contributed by atoms with E-state index in [1.807, 2.05) is 35.4 Å². The average molecular weight is 244 g/mol. The minimum atomic E-state index is 0.188. The van der Waals surface area contributed by atoms with E-state index in [0.717, 1.165) is 25.8 Å². The molecule has 1 unspecified atom stereocenters. The second-order valence-electron chi connectivity index (χ2n) is 4.56. The molecule has 0 radical (unpaired) electrons. The zero-order valence-corrected chi connectivity index (χ0v) is 10.8. The van der Waals surface area contributed by atoms with Crippen LogP contribution in [0, 0.1) is 0 Å². The largest absolute Gasteiger partial charge is 0.327 e. The van der Waals surface area contributed by atoms with Gasteiger partial charge in [0, 0.05) is 31.2 Å². The standard InChI is InChI=1S/C14H20N4/c1-2-18-11-13(10-17-18)9-14(15)4-3-12-5-7-16-8-6-12/h5-8,10-11,14H,2-4,9,15H2,1H3. The number of aryl methyl sites for hydroxylation is 2. The number of nitrogens with zero attached hydrogens (tertiary/aromatic N) is 3. The van der Waals surface area contributed by atoms with Gasteiger partial charge >= 0.3 is 0 Å². The summed E-state index contributed by atoms with van der Waals surface area (Å²) in [6.45, 7) is 2.99. The highest BCUT2D eigenvalue weighted by molar-refractivity contribution is 5.11. The van der Waals surface area contributed by atoms with Crippen LogP contribution in [0.4, 0.5) is 0 Å². The van der Waals surface area contributed by atoms with Crippen molar-refractivity contribution in [1.29, 1.82) is 0 Å². The Hall–Kier alpha value is -1.68.